The first-order valence-electron chi connectivity index (χ1n) is 7.07. The summed E-state index contributed by atoms with van der Waals surface area (Å²) in [7, 11) is 1.80. The minimum atomic E-state index is -0.172. The van der Waals surface area contributed by atoms with E-state index in [1.54, 1.807) is 24.0 Å². The van der Waals surface area contributed by atoms with E-state index in [2.05, 4.69) is 34.7 Å². The highest BCUT2D eigenvalue weighted by Crippen LogP contribution is 2.35. The fraction of sp³-hybridized carbons (Fsp3) is 0.176. The van der Waals surface area contributed by atoms with Crippen molar-refractivity contribution in [2.75, 3.05) is 5.32 Å². The van der Waals surface area contributed by atoms with Gasteiger partial charge in [0.1, 0.15) is 0 Å². The number of nitrogens with one attached hydrogen (secondary N) is 1. The van der Waals surface area contributed by atoms with Crippen LogP contribution >= 0.6 is 0 Å². The van der Waals surface area contributed by atoms with Gasteiger partial charge in [-0.1, -0.05) is 24.3 Å². The highest BCUT2D eigenvalue weighted by atomic mass is 16.1. The quantitative estimate of drug-likeness (QED) is 0.783. The third-order valence-corrected chi connectivity index (χ3v) is 4.07. The zero-order valence-electron chi connectivity index (χ0n) is 11.8. The third-order valence-electron chi connectivity index (χ3n) is 4.07. The van der Waals surface area contributed by atoms with Crippen LogP contribution in [0.3, 0.4) is 0 Å². The smallest absolute Gasteiger partial charge is 0.276 e. The molecule has 1 amide bonds. The van der Waals surface area contributed by atoms with Crippen LogP contribution in [0.5, 0.6) is 0 Å². The molecule has 0 atom stereocenters. The van der Waals surface area contributed by atoms with Crippen molar-refractivity contribution in [2.24, 2.45) is 7.05 Å². The van der Waals surface area contributed by atoms with Crippen LogP contribution in [-0.4, -0.2) is 15.7 Å². The summed E-state index contributed by atoms with van der Waals surface area (Å²) in [5.41, 5.74) is 4.03. The predicted octanol–water partition coefficient (Wildman–Crippen LogP) is 2.92. The lowest BCUT2D eigenvalue weighted by atomic mass is 10.0. The number of nitrogens with zero attached hydrogens (tertiary/aromatic N) is 2. The molecule has 1 aromatic heterocycles. The van der Waals surface area contributed by atoms with Crippen LogP contribution in [0.4, 0.5) is 5.69 Å². The van der Waals surface area contributed by atoms with Crippen molar-refractivity contribution in [1.29, 1.82) is 0 Å². The van der Waals surface area contributed by atoms with Gasteiger partial charge < -0.3 is 5.32 Å². The van der Waals surface area contributed by atoms with E-state index in [0.29, 0.717) is 5.69 Å². The number of rotatable bonds is 2. The van der Waals surface area contributed by atoms with Gasteiger partial charge in [-0.15, -0.1) is 0 Å². The maximum absolute atomic E-state index is 12.3. The Balaban J connectivity index is 1.76. The largest absolute Gasteiger partial charge is 0.320 e. The number of amides is 1. The van der Waals surface area contributed by atoms with Crippen LogP contribution in [0, 0.1) is 0 Å². The number of carbonyl (C=O) groups is 1. The molecule has 0 spiro atoms. The van der Waals surface area contributed by atoms with E-state index in [1.807, 2.05) is 6.07 Å². The molecular formula is C17H15N3O. The molecule has 2 aromatic carbocycles. The van der Waals surface area contributed by atoms with Gasteiger partial charge in [0.15, 0.2) is 5.69 Å². The number of aryl methyl sites for hydroxylation is 3. The normalized spacial score (nSPS) is 12.8. The average molecular weight is 277 g/mol. The maximum atomic E-state index is 12.3. The van der Waals surface area contributed by atoms with Crippen LogP contribution in [0.15, 0.2) is 42.6 Å². The Bertz CT molecular complexity index is 853. The first-order valence-corrected chi connectivity index (χ1v) is 7.07. The molecule has 4 rings (SSSR count). The molecular weight excluding hydrogens is 262 g/mol. The monoisotopic (exact) mass is 277 g/mol. The lowest BCUT2D eigenvalue weighted by Gasteiger charge is -2.09. The van der Waals surface area contributed by atoms with E-state index in [1.165, 1.54) is 16.5 Å². The molecule has 1 aliphatic carbocycles. The van der Waals surface area contributed by atoms with E-state index >= 15 is 0 Å². The van der Waals surface area contributed by atoms with Gasteiger partial charge in [0.25, 0.3) is 5.91 Å². The molecule has 0 saturated heterocycles. The minimum Gasteiger partial charge on any atom is -0.320 e. The number of aromatic nitrogens is 2. The second-order valence-electron chi connectivity index (χ2n) is 5.44. The third kappa shape index (κ3) is 1.91. The van der Waals surface area contributed by atoms with E-state index in [4.69, 9.17) is 0 Å². The molecule has 4 heteroatoms. The van der Waals surface area contributed by atoms with Crippen molar-refractivity contribution in [1.82, 2.24) is 9.78 Å². The zero-order chi connectivity index (χ0) is 14.4. The topological polar surface area (TPSA) is 46.9 Å². The summed E-state index contributed by atoms with van der Waals surface area (Å²) >= 11 is 0. The molecule has 0 fully saturated rings. The van der Waals surface area contributed by atoms with Crippen LogP contribution in [-0.2, 0) is 19.9 Å². The van der Waals surface area contributed by atoms with Crippen LogP contribution in [0.1, 0.15) is 21.6 Å². The minimum absolute atomic E-state index is 0.172. The second kappa shape index (κ2) is 4.45. The molecule has 104 valence electrons. The summed E-state index contributed by atoms with van der Waals surface area (Å²) < 4.78 is 1.63. The first-order chi connectivity index (χ1) is 10.2. The number of carbonyl (C=O) groups excluding carboxylic acids is 1. The molecule has 3 aromatic rings. The van der Waals surface area contributed by atoms with E-state index < -0.39 is 0 Å². The van der Waals surface area contributed by atoms with Gasteiger partial charge >= 0.3 is 0 Å². The van der Waals surface area contributed by atoms with Crippen molar-refractivity contribution in [3.05, 3.63) is 59.4 Å². The van der Waals surface area contributed by atoms with Crippen molar-refractivity contribution in [2.45, 2.75) is 12.8 Å². The lowest BCUT2D eigenvalue weighted by molar-refractivity contribution is 0.102. The van der Waals surface area contributed by atoms with Gasteiger partial charge in [-0.25, -0.2) is 0 Å². The number of benzene rings is 2. The highest BCUT2D eigenvalue weighted by molar-refractivity contribution is 6.09. The predicted molar refractivity (Wildman–Crippen MR) is 82.5 cm³/mol. The van der Waals surface area contributed by atoms with Crippen LogP contribution in [0.25, 0.3) is 10.8 Å². The summed E-state index contributed by atoms with van der Waals surface area (Å²) in [5, 5.41) is 9.54. The van der Waals surface area contributed by atoms with E-state index in [9.17, 15) is 4.79 Å². The van der Waals surface area contributed by atoms with E-state index in [-0.39, 0.29) is 5.91 Å². The summed E-state index contributed by atoms with van der Waals surface area (Å²) in [5.74, 6) is -0.172. The summed E-state index contributed by atoms with van der Waals surface area (Å²) in [6, 6.07) is 12.1. The molecule has 0 saturated carbocycles. The van der Waals surface area contributed by atoms with Crippen LogP contribution < -0.4 is 5.32 Å². The average Bonchev–Trinajstić information content (AvgIpc) is 3.10. The summed E-state index contributed by atoms with van der Waals surface area (Å²) in [6.45, 7) is 0. The van der Waals surface area contributed by atoms with Gasteiger partial charge in [0.05, 0.1) is 0 Å². The van der Waals surface area contributed by atoms with Gasteiger partial charge in [-0.2, -0.15) is 5.10 Å². The molecule has 21 heavy (non-hydrogen) atoms. The zero-order valence-corrected chi connectivity index (χ0v) is 11.8. The standard InChI is InChI=1S/C17H15N3O/c1-20-10-9-15(19-20)17(21)18-14-8-7-12-6-5-11-3-2-4-13(14)16(11)12/h2-4,7-10H,5-6H2,1H3,(H,18,21). The van der Waals surface area contributed by atoms with Gasteiger partial charge in [-0.3, -0.25) is 9.48 Å². The number of anilines is 1. The Morgan fingerprint density at radius 2 is 1.95 bits per heavy atom. The highest BCUT2D eigenvalue weighted by Gasteiger charge is 2.17. The molecule has 1 N–H and O–H groups in total. The Morgan fingerprint density at radius 3 is 2.71 bits per heavy atom. The van der Waals surface area contributed by atoms with Crippen molar-refractivity contribution >= 4 is 22.4 Å². The summed E-state index contributed by atoms with van der Waals surface area (Å²) in [6.07, 6.45) is 3.94. The Hall–Kier alpha value is -2.62. The van der Waals surface area contributed by atoms with Crippen molar-refractivity contribution in [3.63, 3.8) is 0 Å². The molecule has 1 aliphatic rings. The Kier molecular flexibility index (Phi) is 2.57. The van der Waals surface area contributed by atoms with Gasteiger partial charge in [0, 0.05) is 24.3 Å². The van der Waals surface area contributed by atoms with Crippen molar-refractivity contribution < 1.29 is 4.79 Å². The fourth-order valence-electron chi connectivity index (χ4n) is 3.08. The fourth-order valence-corrected chi connectivity index (χ4v) is 3.08. The Labute approximate surface area is 122 Å². The number of hydrogen-bond donors (Lipinski definition) is 1. The van der Waals surface area contributed by atoms with E-state index in [0.717, 1.165) is 23.9 Å². The molecule has 0 aliphatic heterocycles. The SMILES string of the molecule is Cn1ccc(C(=O)Nc2ccc3c4c(cccc24)CC3)n1. The second-order valence-corrected chi connectivity index (χ2v) is 5.44. The van der Waals surface area contributed by atoms with Gasteiger partial charge in [0.2, 0.25) is 0 Å². The van der Waals surface area contributed by atoms with Crippen molar-refractivity contribution in [3.8, 4) is 0 Å². The first kappa shape index (κ1) is 12.1. The molecule has 0 radical (unpaired) electrons. The molecule has 0 bridgehead atoms. The molecule has 1 heterocycles. The Morgan fingerprint density at radius 1 is 1.14 bits per heavy atom. The van der Waals surface area contributed by atoms with Crippen LogP contribution in [0.2, 0.25) is 0 Å². The molecule has 0 unspecified atom stereocenters. The maximum Gasteiger partial charge on any atom is 0.276 e. The summed E-state index contributed by atoms with van der Waals surface area (Å²) in [4.78, 5) is 12.3. The lowest BCUT2D eigenvalue weighted by Crippen LogP contribution is -2.13. The molecule has 4 nitrogen and oxygen atoms in total. The van der Waals surface area contributed by atoms with Gasteiger partial charge in [-0.05, 0) is 41.5 Å². The number of hydrogen-bond acceptors (Lipinski definition) is 2.